The van der Waals surface area contributed by atoms with E-state index in [4.69, 9.17) is 15.4 Å². The van der Waals surface area contributed by atoms with Gasteiger partial charge in [0.25, 0.3) is 9.24 Å². The molecule has 0 rings (SSSR count). The van der Waals surface area contributed by atoms with E-state index >= 15 is 0 Å². The van der Waals surface area contributed by atoms with Crippen LogP contribution in [0.1, 0.15) is 13.8 Å². The fourth-order valence-corrected chi connectivity index (χ4v) is 1.02. The minimum Gasteiger partial charge on any atom is -0.377 e. The van der Waals surface area contributed by atoms with Gasteiger partial charge < -0.3 is 4.74 Å². The molecule has 68 valence electrons. The predicted octanol–water partition coefficient (Wildman–Crippen LogP) is 0.485. The maximum Gasteiger partial charge on any atom is 0.297 e. The molecule has 0 aromatic heterocycles. The smallest absolute Gasteiger partial charge is 0.297 e. The third-order valence-corrected chi connectivity index (χ3v) is 1.70. The Hall–Kier alpha value is 0.160. The maximum absolute atomic E-state index is 10.3. The Morgan fingerprint density at radius 1 is 1.55 bits per heavy atom. The second kappa shape index (κ2) is 4.92. The molecular weight excluding hydrogens is 190 g/mol. The summed E-state index contributed by atoms with van der Waals surface area (Å²) < 4.78 is 27.7. The van der Waals surface area contributed by atoms with Gasteiger partial charge in [0.15, 0.2) is 0 Å². The van der Waals surface area contributed by atoms with Crippen molar-refractivity contribution < 1.29 is 13.2 Å². The van der Waals surface area contributed by atoms with Crippen LogP contribution in [-0.4, -0.2) is 27.7 Å². The van der Waals surface area contributed by atoms with Crippen LogP contribution in [-0.2, 0) is 14.0 Å². The SMILES string of the molecule is CC(C)OCCNS(=O)(=O)Cl. The van der Waals surface area contributed by atoms with Crippen LogP contribution in [0.25, 0.3) is 0 Å². The van der Waals surface area contributed by atoms with Crippen molar-refractivity contribution >= 4 is 19.9 Å². The quantitative estimate of drug-likeness (QED) is 0.520. The van der Waals surface area contributed by atoms with Gasteiger partial charge in [0.1, 0.15) is 0 Å². The first-order valence-corrected chi connectivity index (χ1v) is 5.53. The highest BCUT2D eigenvalue weighted by Gasteiger charge is 2.01. The van der Waals surface area contributed by atoms with Gasteiger partial charge in [0.2, 0.25) is 0 Å². The van der Waals surface area contributed by atoms with E-state index in [2.05, 4.69) is 4.72 Å². The Morgan fingerprint density at radius 2 is 2.09 bits per heavy atom. The molecule has 0 fully saturated rings. The molecule has 0 aliphatic heterocycles. The van der Waals surface area contributed by atoms with Gasteiger partial charge in [-0.3, -0.25) is 0 Å². The van der Waals surface area contributed by atoms with Crippen LogP contribution in [0.2, 0.25) is 0 Å². The van der Waals surface area contributed by atoms with Gasteiger partial charge in [-0.15, -0.1) is 0 Å². The van der Waals surface area contributed by atoms with Gasteiger partial charge in [-0.25, -0.2) is 0 Å². The molecule has 0 bridgehead atoms. The van der Waals surface area contributed by atoms with Gasteiger partial charge in [-0.1, -0.05) is 0 Å². The number of hydrogen-bond acceptors (Lipinski definition) is 3. The first-order chi connectivity index (χ1) is 4.92. The summed E-state index contributed by atoms with van der Waals surface area (Å²) in [5, 5.41) is 0. The molecule has 0 spiro atoms. The van der Waals surface area contributed by atoms with E-state index < -0.39 is 9.24 Å². The lowest BCUT2D eigenvalue weighted by Gasteiger charge is -2.06. The Labute approximate surface area is 71.4 Å². The average molecular weight is 202 g/mol. The lowest BCUT2D eigenvalue weighted by molar-refractivity contribution is 0.0834. The third-order valence-electron chi connectivity index (χ3n) is 0.828. The lowest BCUT2D eigenvalue weighted by atomic mass is 10.5. The Bertz CT molecular complexity index is 190. The summed E-state index contributed by atoms with van der Waals surface area (Å²) in [6.07, 6.45) is 0.106. The highest BCUT2D eigenvalue weighted by molar-refractivity contribution is 8.12. The van der Waals surface area contributed by atoms with Gasteiger partial charge >= 0.3 is 0 Å². The van der Waals surface area contributed by atoms with Crippen LogP contribution in [0.4, 0.5) is 0 Å². The molecule has 0 radical (unpaired) electrons. The maximum atomic E-state index is 10.3. The molecule has 0 heterocycles. The molecule has 4 nitrogen and oxygen atoms in total. The molecule has 0 aliphatic rings. The van der Waals surface area contributed by atoms with Crippen molar-refractivity contribution in [3.8, 4) is 0 Å². The van der Waals surface area contributed by atoms with Crippen molar-refractivity contribution in [2.45, 2.75) is 20.0 Å². The zero-order chi connectivity index (χ0) is 8.91. The number of halogens is 1. The summed E-state index contributed by atoms with van der Waals surface area (Å²) >= 11 is 0. The van der Waals surface area contributed by atoms with E-state index in [1.165, 1.54) is 0 Å². The first kappa shape index (κ1) is 11.2. The third kappa shape index (κ3) is 10.2. The molecule has 0 saturated heterocycles. The van der Waals surface area contributed by atoms with E-state index in [1.54, 1.807) is 0 Å². The Balaban J connectivity index is 3.30. The van der Waals surface area contributed by atoms with Crippen molar-refractivity contribution in [3.05, 3.63) is 0 Å². The Morgan fingerprint density at radius 3 is 2.45 bits per heavy atom. The van der Waals surface area contributed by atoms with E-state index in [9.17, 15) is 8.42 Å². The molecule has 0 unspecified atom stereocenters. The van der Waals surface area contributed by atoms with Crippen molar-refractivity contribution in [2.75, 3.05) is 13.2 Å². The number of rotatable bonds is 5. The topological polar surface area (TPSA) is 55.4 Å². The summed E-state index contributed by atoms with van der Waals surface area (Å²) in [6, 6.07) is 0. The van der Waals surface area contributed by atoms with E-state index in [0.717, 1.165) is 0 Å². The van der Waals surface area contributed by atoms with E-state index in [1.807, 2.05) is 13.8 Å². The van der Waals surface area contributed by atoms with E-state index in [-0.39, 0.29) is 12.6 Å². The first-order valence-electron chi connectivity index (χ1n) is 3.22. The normalized spacial score (nSPS) is 12.4. The van der Waals surface area contributed by atoms with Crippen LogP contribution in [0.3, 0.4) is 0 Å². The zero-order valence-corrected chi connectivity index (χ0v) is 8.07. The minimum absolute atomic E-state index is 0.106. The molecule has 0 aliphatic carbocycles. The standard InChI is InChI=1S/C5H12ClNO3S/c1-5(2)10-4-3-7-11(6,8)9/h5,7H,3-4H2,1-2H3. The van der Waals surface area contributed by atoms with Crippen molar-refractivity contribution in [2.24, 2.45) is 0 Å². The van der Waals surface area contributed by atoms with Crippen LogP contribution in [0.5, 0.6) is 0 Å². The summed E-state index contributed by atoms with van der Waals surface area (Å²) in [4.78, 5) is 0. The second-order valence-electron chi connectivity index (χ2n) is 2.25. The highest BCUT2D eigenvalue weighted by Crippen LogP contribution is 1.89. The summed E-state index contributed by atoms with van der Waals surface area (Å²) in [6.45, 7) is 4.29. The molecule has 0 aromatic rings. The van der Waals surface area contributed by atoms with Crippen molar-refractivity contribution in [1.29, 1.82) is 0 Å². The summed E-state index contributed by atoms with van der Waals surface area (Å²) in [5.41, 5.74) is 0. The van der Waals surface area contributed by atoms with Crippen LogP contribution in [0, 0.1) is 0 Å². The van der Waals surface area contributed by atoms with Gasteiger partial charge in [-0.05, 0) is 13.8 Å². The molecule has 0 amide bonds. The average Bonchev–Trinajstić information content (AvgIpc) is 1.78. The van der Waals surface area contributed by atoms with Gasteiger partial charge in [0, 0.05) is 17.2 Å². The van der Waals surface area contributed by atoms with Crippen LogP contribution >= 0.6 is 10.7 Å². The molecular formula is C5H12ClNO3S. The monoisotopic (exact) mass is 201 g/mol. The lowest BCUT2D eigenvalue weighted by Crippen LogP contribution is -2.24. The number of nitrogens with one attached hydrogen (secondary N) is 1. The number of hydrogen-bond donors (Lipinski definition) is 1. The zero-order valence-electron chi connectivity index (χ0n) is 6.50. The fourth-order valence-electron chi connectivity index (χ4n) is 0.458. The molecule has 1 N–H and O–H groups in total. The second-order valence-corrected chi connectivity index (χ2v) is 4.63. The fraction of sp³-hybridized carbons (Fsp3) is 1.00. The highest BCUT2D eigenvalue weighted by atomic mass is 35.7. The van der Waals surface area contributed by atoms with E-state index in [0.29, 0.717) is 6.61 Å². The van der Waals surface area contributed by atoms with Crippen LogP contribution < -0.4 is 4.72 Å². The van der Waals surface area contributed by atoms with Crippen LogP contribution in [0.15, 0.2) is 0 Å². The summed E-state index contributed by atoms with van der Waals surface area (Å²) in [5.74, 6) is 0. The number of ether oxygens (including phenoxy) is 1. The Kier molecular flexibility index (Phi) is 4.99. The minimum atomic E-state index is -3.58. The molecule has 11 heavy (non-hydrogen) atoms. The molecule has 6 heteroatoms. The molecule has 0 aromatic carbocycles. The predicted molar refractivity (Wildman–Crippen MR) is 43.9 cm³/mol. The van der Waals surface area contributed by atoms with Gasteiger partial charge in [0.05, 0.1) is 12.7 Å². The molecule has 0 atom stereocenters. The van der Waals surface area contributed by atoms with Crippen molar-refractivity contribution in [1.82, 2.24) is 4.72 Å². The summed E-state index contributed by atoms with van der Waals surface area (Å²) in [7, 11) is 1.27. The van der Waals surface area contributed by atoms with Crippen molar-refractivity contribution in [3.63, 3.8) is 0 Å². The van der Waals surface area contributed by atoms with Gasteiger partial charge in [-0.2, -0.15) is 13.1 Å². The molecule has 0 saturated carbocycles. The largest absolute Gasteiger partial charge is 0.377 e.